The summed E-state index contributed by atoms with van der Waals surface area (Å²) in [5, 5.41) is 9.20. The number of halogens is 2. The zero-order valence-corrected chi connectivity index (χ0v) is 13.3. The van der Waals surface area contributed by atoms with E-state index in [-0.39, 0.29) is 36.8 Å². The van der Waals surface area contributed by atoms with E-state index in [4.69, 9.17) is 4.74 Å². The Morgan fingerprint density at radius 3 is 2.90 bits per heavy atom. The largest absolute Gasteiger partial charge is 0.370 e. The molecule has 1 aromatic heterocycles. The van der Waals surface area contributed by atoms with E-state index in [2.05, 4.69) is 20.9 Å². The summed E-state index contributed by atoms with van der Waals surface area (Å²) in [4.78, 5) is 15.9. The molecule has 1 amide bonds. The van der Waals surface area contributed by atoms with Crippen molar-refractivity contribution in [1.82, 2.24) is 15.6 Å². The second-order valence-electron chi connectivity index (χ2n) is 4.35. The maximum Gasteiger partial charge on any atom is 0.250 e. The van der Waals surface area contributed by atoms with Crippen molar-refractivity contribution in [2.45, 2.75) is 12.5 Å². The molecule has 1 aliphatic heterocycles. The Bertz CT molecular complexity index is 389. The van der Waals surface area contributed by atoms with E-state index in [9.17, 15) is 4.79 Å². The van der Waals surface area contributed by atoms with Crippen molar-refractivity contribution in [3.05, 3.63) is 24.4 Å². The molecule has 120 valence electrons. The van der Waals surface area contributed by atoms with Crippen LogP contribution in [0.2, 0.25) is 0 Å². The number of ether oxygens (including phenoxy) is 1. The molecule has 1 saturated heterocycles. The van der Waals surface area contributed by atoms with Gasteiger partial charge in [-0.15, -0.1) is 24.8 Å². The van der Waals surface area contributed by atoms with Crippen LogP contribution in [0, 0.1) is 0 Å². The molecule has 1 unspecified atom stereocenters. The van der Waals surface area contributed by atoms with Gasteiger partial charge in [0.15, 0.2) is 0 Å². The molecular formula is C13H22Cl2N4O2. The van der Waals surface area contributed by atoms with Crippen LogP contribution in [0.1, 0.15) is 6.42 Å². The highest BCUT2D eigenvalue weighted by Crippen LogP contribution is 1.99. The van der Waals surface area contributed by atoms with Gasteiger partial charge in [0.05, 0.1) is 6.61 Å². The van der Waals surface area contributed by atoms with Crippen LogP contribution in [0.4, 0.5) is 5.82 Å². The molecule has 1 aliphatic rings. The lowest BCUT2D eigenvalue weighted by Gasteiger charge is -2.22. The minimum atomic E-state index is -0.350. The molecule has 1 atom stereocenters. The summed E-state index contributed by atoms with van der Waals surface area (Å²) >= 11 is 0. The van der Waals surface area contributed by atoms with Gasteiger partial charge in [-0.05, 0) is 18.6 Å². The molecule has 1 fully saturated rings. The Kier molecular flexibility index (Phi) is 11.0. The summed E-state index contributed by atoms with van der Waals surface area (Å²) in [5.74, 6) is 0.818. The molecule has 0 spiro atoms. The zero-order valence-electron chi connectivity index (χ0n) is 11.7. The Labute approximate surface area is 137 Å². The van der Waals surface area contributed by atoms with Gasteiger partial charge in [0.25, 0.3) is 0 Å². The molecular weight excluding hydrogens is 315 g/mol. The van der Waals surface area contributed by atoms with Crippen molar-refractivity contribution in [3.8, 4) is 0 Å². The van der Waals surface area contributed by atoms with E-state index >= 15 is 0 Å². The Balaban J connectivity index is 0.00000200. The molecule has 6 nitrogen and oxygen atoms in total. The number of pyridine rings is 1. The maximum absolute atomic E-state index is 11.7. The van der Waals surface area contributed by atoms with Gasteiger partial charge in [0.1, 0.15) is 11.9 Å². The molecule has 21 heavy (non-hydrogen) atoms. The monoisotopic (exact) mass is 336 g/mol. The number of rotatable bonds is 6. The van der Waals surface area contributed by atoms with E-state index in [1.165, 1.54) is 0 Å². The molecule has 0 saturated carbocycles. The van der Waals surface area contributed by atoms with Crippen LogP contribution in [-0.2, 0) is 9.53 Å². The lowest BCUT2D eigenvalue weighted by molar-refractivity contribution is -0.134. The number of carbonyl (C=O) groups is 1. The Morgan fingerprint density at radius 1 is 1.38 bits per heavy atom. The number of morpholine rings is 1. The van der Waals surface area contributed by atoms with E-state index in [0.717, 1.165) is 25.3 Å². The first kappa shape index (κ1) is 19.9. The van der Waals surface area contributed by atoms with E-state index in [1.807, 2.05) is 18.2 Å². The first-order chi connectivity index (χ1) is 9.36. The highest BCUT2D eigenvalue weighted by molar-refractivity contribution is 5.85. The molecule has 3 N–H and O–H groups in total. The SMILES string of the molecule is Cl.Cl.O=C(NCCCNc1ccccn1)C1CNCCO1. The third-order valence-electron chi connectivity index (χ3n) is 2.84. The number of carbonyl (C=O) groups excluding carboxylic acids is 1. The fraction of sp³-hybridized carbons (Fsp3) is 0.538. The standard InChI is InChI=1S/C13H20N4O2.2ClH/c18-13(11-10-14-8-9-19-11)17-7-3-6-16-12-4-1-2-5-15-12;;/h1-2,4-5,11,14H,3,6-10H2,(H,15,16)(H,17,18);2*1H. The van der Waals surface area contributed by atoms with E-state index < -0.39 is 0 Å². The summed E-state index contributed by atoms with van der Waals surface area (Å²) in [6.07, 6.45) is 2.25. The molecule has 0 bridgehead atoms. The topological polar surface area (TPSA) is 75.3 Å². The fourth-order valence-corrected chi connectivity index (χ4v) is 1.83. The molecule has 0 radical (unpaired) electrons. The van der Waals surface area contributed by atoms with Crippen LogP contribution in [-0.4, -0.2) is 49.8 Å². The van der Waals surface area contributed by atoms with Gasteiger partial charge in [-0.3, -0.25) is 4.79 Å². The van der Waals surface area contributed by atoms with Crippen LogP contribution < -0.4 is 16.0 Å². The molecule has 1 aromatic rings. The quantitative estimate of drug-likeness (QED) is 0.671. The number of aromatic nitrogens is 1. The number of hydrogen-bond acceptors (Lipinski definition) is 5. The number of amides is 1. The van der Waals surface area contributed by atoms with Crippen molar-refractivity contribution in [3.63, 3.8) is 0 Å². The van der Waals surface area contributed by atoms with E-state index in [1.54, 1.807) is 6.20 Å². The lowest BCUT2D eigenvalue weighted by atomic mass is 10.3. The molecule has 0 aromatic carbocycles. The lowest BCUT2D eigenvalue weighted by Crippen LogP contribution is -2.48. The summed E-state index contributed by atoms with van der Waals surface area (Å²) in [6.45, 7) is 3.43. The van der Waals surface area contributed by atoms with Crippen molar-refractivity contribution in [2.24, 2.45) is 0 Å². The summed E-state index contributed by atoms with van der Waals surface area (Å²) in [6, 6.07) is 5.73. The zero-order chi connectivity index (χ0) is 13.3. The predicted octanol–water partition coefficient (Wildman–Crippen LogP) is 0.832. The first-order valence-corrected chi connectivity index (χ1v) is 6.61. The van der Waals surface area contributed by atoms with Crippen molar-refractivity contribution < 1.29 is 9.53 Å². The molecule has 2 heterocycles. The minimum absolute atomic E-state index is 0. The van der Waals surface area contributed by atoms with Gasteiger partial charge in [-0.1, -0.05) is 6.07 Å². The van der Waals surface area contributed by atoms with Gasteiger partial charge in [-0.2, -0.15) is 0 Å². The Morgan fingerprint density at radius 2 is 2.24 bits per heavy atom. The average Bonchev–Trinajstić information content (AvgIpc) is 2.49. The smallest absolute Gasteiger partial charge is 0.250 e. The normalized spacial score (nSPS) is 17.0. The highest BCUT2D eigenvalue weighted by atomic mass is 35.5. The van der Waals surface area contributed by atoms with Crippen LogP contribution in [0.15, 0.2) is 24.4 Å². The van der Waals surface area contributed by atoms with Gasteiger partial charge in [-0.25, -0.2) is 4.98 Å². The van der Waals surface area contributed by atoms with Gasteiger partial charge < -0.3 is 20.7 Å². The van der Waals surface area contributed by atoms with Crippen molar-refractivity contribution >= 4 is 36.5 Å². The summed E-state index contributed by atoms with van der Waals surface area (Å²) in [7, 11) is 0. The Hall–Kier alpha value is -1.08. The molecule has 2 rings (SSSR count). The fourth-order valence-electron chi connectivity index (χ4n) is 1.83. The molecule has 0 aliphatic carbocycles. The van der Waals surface area contributed by atoms with E-state index in [0.29, 0.717) is 19.7 Å². The third-order valence-corrected chi connectivity index (χ3v) is 2.84. The summed E-state index contributed by atoms with van der Waals surface area (Å²) in [5.41, 5.74) is 0. The minimum Gasteiger partial charge on any atom is -0.370 e. The van der Waals surface area contributed by atoms with Crippen LogP contribution >= 0.6 is 24.8 Å². The maximum atomic E-state index is 11.7. The number of anilines is 1. The first-order valence-electron chi connectivity index (χ1n) is 6.61. The van der Waals surface area contributed by atoms with Gasteiger partial charge >= 0.3 is 0 Å². The van der Waals surface area contributed by atoms with Crippen LogP contribution in [0.3, 0.4) is 0 Å². The molecule has 8 heteroatoms. The predicted molar refractivity (Wildman–Crippen MR) is 87.5 cm³/mol. The third kappa shape index (κ3) is 7.47. The second kappa shape index (κ2) is 11.6. The van der Waals surface area contributed by atoms with Gasteiger partial charge in [0.2, 0.25) is 5.91 Å². The highest BCUT2D eigenvalue weighted by Gasteiger charge is 2.20. The van der Waals surface area contributed by atoms with Crippen molar-refractivity contribution in [2.75, 3.05) is 38.1 Å². The average molecular weight is 337 g/mol. The van der Waals surface area contributed by atoms with Crippen molar-refractivity contribution in [1.29, 1.82) is 0 Å². The number of hydrogen-bond donors (Lipinski definition) is 3. The van der Waals surface area contributed by atoms with Crippen LogP contribution in [0.25, 0.3) is 0 Å². The van der Waals surface area contributed by atoms with Gasteiger partial charge in [0, 0.05) is 32.4 Å². The second-order valence-corrected chi connectivity index (χ2v) is 4.35. The number of nitrogens with one attached hydrogen (secondary N) is 3. The number of nitrogens with zero attached hydrogens (tertiary/aromatic N) is 1. The summed E-state index contributed by atoms with van der Waals surface area (Å²) < 4.78 is 5.37. The van der Waals surface area contributed by atoms with Crippen LogP contribution in [0.5, 0.6) is 0 Å².